The van der Waals surface area contributed by atoms with Crippen molar-refractivity contribution >= 4 is 28.7 Å². The Morgan fingerprint density at radius 3 is 2.43 bits per heavy atom. The number of anilines is 2. The zero-order valence-corrected chi connectivity index (χ0v) is 11.1. The van der Waals surface area contributed by atoms with Crippen LogP contribution >= 0.6 is 12.2 Å². The van der Waals surface area contributed by atoms with Crippen molar-refractivity contribution in [3.8, 4) is 0 Å². The van der Waals surface area contributed by atoms with Gasteiger partial charge in [-0.25, -0.2) is 14.4 Å². The van der Waals surface area contributed by atoms with Crippen LogP contribution in [0.3, 0.4) is 0 Å². The molecule has 0 fully saturated rings. The first-order chi connectivity index (χ1) is 9.77. The van der Waals surface area contributed by atoms with Crippen LogP contribution in [0.15, 0.2) is 30.6 Å². The van der Waals surface area contributed by atoms with Crippen LogP contribution in [-0.2, 0) is 6.18 Å². The number of thiocarbonyl (C=S) groups is 1. The highest BCUT2D eigenvalue weighted by atomic mass is 32.1. The molecule has 110 valence electrons. The molecule has 0 amide bonds. The quantitative estimate of drug-likeness (QED) is 0.673. The molecule has 3 N–H and O–H groups in total. The number of halogens is 4. The first-order valence-electron chi connectivity index (χ1n) is 5.53. The van der Waals surface area contributed by atoms with Gasteiger partial charge in [-0.1, -0.05) is 12.2 Å². The third kappa shape index (κ3) is 3.63. The van der Waals surface area contributed by atoms with Crippen molar-refractivity contribution < 1.29 is 17.6 Å². The van der Waals surface area contributed by atoms with E-state index in [9.17, 15) is 17.6 Å². The zero-order valence-electron chi connectivity index (χ0n) is 10.3. The fourth-order valence-corrected chi connectivity index (χ4v) is 1.59. The molecule has 21 heavy (non-hydrogen) atoms. The second-order valence-corrected chi connectivity index (χ2v) is 4.41. The Morgan fingerprint density at radius 2 is 1.90 bits per heavy atom. The molecule has 2 rings (SSSR count). The van der Waals surface area contributed by atoms with Gasteiger partial charge in [0.05, 0.1) is 18.0 Å². The number of alkyl halides is 3. The first-order valence-corrected chi connectivity index (χ1v) is 5.94. The summed E-state index contributed by atoms with van der Waals surface area (Å²) in [7, 11) is 0. The van der Waals surface area contributed by atoms with Crippen molar-refractivity contribution in [3.05, 3.63) is 47.7 Å². The van der Waals surface area contributed by atoms with Gasteiger partial charge in [-0.2, -0.15) is 13.2 Å². The van der Waals surface area contributed by atoms with Gasteiger partial charge in [0.25, 0.3) is 0 Å². The van der Waals surface area contributed by atoms with E-state index < -0.39 is 17.6 Å². The number of hydrogen-bond acceptors (Lipinski definition) is 4. The average Bonchev–Trinajstić information content (AvgIpc) is 2.40. The van der Waals surface area contributed by atoms with Crippen LogP contribution in [0.25, 0.3) is 0 Å². The maximum absolute atomic E-state index is 13.1. The van der Waals surface area contributed by atoms with Gasteiger partial charge >= 0.3 is 6.18 Å². The summed E-state index contributed by atoms with van der Waals surface area (Å²) in [6.45, 7) is 0. The lowest BCUT2D eigenvalue weighted by Gasteiger charge is -2.11. The standard InChI is InChI=1S/C12H8F4N4S/c13-8-2-1-6(3-7(8)12(14,15)16)20-10-5-18-9(4-19-10)11(17)21/h1-5H,(H2,17,21)(H,19,20). The smallest absolute Gasteiger partial charge is 0.388 e. The largest absolute Gasteiger partial charge is 0.419 e. The molecule has 1 heterocycles. The summed E-state index contributed by atoms with van der Waals surface area (Å²) in [5.41, 5.74) is 4.29. The summed E-state index contributed by atoms with van der Waals surface area (Å²) >= 11 is 4.70. The molecule has 1 aromatic heterocycles. The Hall–Kier alpha value is -2.29. The van der Waals surface area contributed by atoms with Crippen molar-refractivity contribution in [2.75, 3.05) is 5.32 Å². The van der Waals surface area contributed by atoms with Gasteiger partial charge in [-0.3, -0.25) is 0 Å². The lowest BCUT2D eigenvalue weighted by atomic mass is 10.2. The van der Waals surface area contributed by atoms with E-state index in [4.69, 9.17) is 18.0 Å². The summed E-state index contributed by atoms with van der Waals surface area (Å²) in [4.78, 5) is 7.82. The third-order valence-corrected chi connectivity index (χ3v) is 2.66. The van der Waals surface area contributed by atoms with E-state index in [1.54, 1.807) is 0 Å². The van der Waals surface area contributed by atoms with E-state index in [-0.39, 0.29) is 22.2 Å². The van der Waals surface area contributed by atoms with Crippen molar-refractivity contribution in [3.63, 3.8) is 0 Å². The Balaban J connectivity index is 2.26. The normalized spacial score (nSPS) is 11.2. The van der Waals surface area contributed by atoms with Gasteiger partial charge in [0.1, 0.15) is 22.3 Å². The van der Waals surface area contributed by atoms with Crippen LogP contribution in [0.2, 0.25) is 0 Å². The molecule has 0 saturated heterocycles. The van der Waals surface area contributed by atoms with Crippen LogP contribution in [0.5, 0.6) is 0 Å². The summed E-state index contributed by atoms with van der Waals surface area (Å²) < 4.78 is 50.9. The van der Waals surface area contributed by atoms with Crippen LogP contribution in [0.1, 0.15) is 11.3 Å². The summed E-state index contributed by atoms with van der Waals surface area (Å²) in [6, 6.07) is 2.54. The predicted octanol–water partition coefficient (Wildman–Crippen LogP) is 3.01. The highest BCUT2D eigenvalue weighted by molar-refractivity contribution is 7.80. The van der Waals surface area contributed by atoms with E-state index in [2.05, 4.69) is 15.3 Å². The van der Waals surface area contributed by atoms with Gasteiger partial charge in [0.2, 0.25) is 0 Å². The maximum atomic E-state index is 13.1. The number of rotatable bonds is 3. The molecule has 4 nitrogen and oxygen atoms in total. The topological polar surface area (TPSA) is 63.8 Å². The molecule has 2 aromatic rings. The molecule has 0 bridgehead atoms. The molecular formula is C12H8F4N4S. The van der Waals surface area contributed by atoms with Crippen molar-refractivity contribution in [2.24, 2.45) is 5.73 Å². The molecule has 0 spiro atoms. The summed E-state index contributed by atoms with van der Waals surface area (Å²) in [6.07, 6.45) is -2.24. The maximum Gasteiger partial charge on any atom is 0.419 e. The van der Waals surface area contributed by atoms with E-state index >= 15 is 0 Å². The number of aromatic nitrogens is 2. The Labute approximate surface area is 122 Å². The minimum Gasteiger partial charge on any atom is -0.388 e. The number of nitrogens with two attached hydrogens (primary N) is 1. The second-order valence-electron chi connectivity index (χ2n) is 3.97. The van der Waals surface area contributed by atoms with Crippen LogP contribution < -0.4 is 11.1 Å². The Kier molecular flexibility index (Phi) is 4.03. The van der Waals surface area contributed by atoms with Gasteiger partial charge in [-0.05, 0) is 18.2 Å². The fraction of sp³-hybridized carbons (Fsp3) is 0.0833. The van der Waals surface area contributed by atoms with E-state index in [1.807, 2.05) is 0 Å². The molecule has 0 atom stereocenters. The van der Waals surface area contributed by atoms with Gasteiger partial charge < -0.3 is 11.1 Å². The molecule has 0 saturated carbocycles. The van der Waals surface area contributed by atoms with Gasteiger partial charge in [-0.15, -0.1) is 0 Å². The van der Waals surface area contributed by atoms with E-state index in [0.717, 1.165) is 12.1 Å². The number of benzene rings is 1. The number of nitrogens with zero attached hydrogens (tertiary/aromatic N) is 2. The second kappa shape index (κ2) is 5.60. The summed E-state index contributed by atoms with van der Waals surface area (Å²) in [5, 5.41) is 2.59. The monoisotopic (exact) mass is 316 g/mol. The van der Waals surface area contributed by atoms with Crippen LogP contribution in [0, 0.1) is 5.82 Å². The molecule has 9 heteroatoms. The fourth-order valence-electron chi connectivity index (χ4n) is 1.49. The van der Waals surface area contributed by atoms with Crippen molar-refractivity contribution in [1.82, 2.24) is 9.97 Å². The molecule has 1 aromatic carbocycles. The van der Waals surface area contributed by atoms with E-state index in [1.165, 1.54) is 12.4 Å². The van der Waals surface area contributed by atoms with Crippen molar-refractivity contribution in [2.45, 2.75) is 6.18 Å². The zero-order chi connectivity index (χ0) is 15.6. The number of nitrogens with one attached hydrogen (secondary N) is 1. The van der Waals surface area contributed by atoms with Crippen molar-refractivity contribution in [1.29, 1.82) is 0 Å². The van der Waals surface area contributed by atoms with Crippen LogP contribution in [0.4, 0.5) is 29.1 Å². The first kappa shape index (κ1) is 15.1. The van der Waals surface area contributed by atoms with Gasteiger partial charge in [0, 0.05) is 5.69 Å². The number of hydrogen-bond donors (Lipinski definition) is 2. The van der Waals surface area contributed by atoms with Gasteiger partial charge in [0.15, 0.2) is 0 Å². The Bertz CT molecular complexity index is 670. The molecule has 0 aliphatic heterocycles. The highest BCUT2D eigenvalue weighted by Gasteiger charge is 2.34. The highest BCUT2D eigenvalue weighted by Crippen LogP contribution is 2.33. The molecule has 0 aliphatic carbocycles. The lowest BCUT2D eigenvalue weighted by Crippen LogP contribution is -2.12. The van der Waals surface area contributed by atoms with Crippen LogP contribution in [-0.4, -0.2) is 15.0 Å². The lowest BCUT2D eigenvalue weighted by molar-refractivity contribution is -0.139. The minimum atomic E-state index is -4.77. The third-order valence-electron chi connectivity index (χ3n) is 2.45. The summed E-state index contributed by atoms with van der Waals surface area (Å²) in [5.74, 6) is -1.17. The average molecular weight is 316 g/mol. The SMILES string of the molecule is NC(=S)c1cnc(Nc2ccc(F)c(C(F)(F)F)c2)cn1. The molecule has 0 aliphatic rings. The minimum absolute atomic E-state index is 0.0288. The predicted molar refractivity (Wildman–Crippen MR) is 72.6 cm³/mol. The van der Waals surface area contributed by atoms with E-state index in [0.29, 0.717) is 6.07 Å². The molecular weight excluding hydrogens is 308 g/mol. The molecule has 0 unspecified atom stereocenters. The molecule has 0 radical (unpaired) electrons. The Morgan fingerprint density at radius 1 is 1.19 bits per heavy atom.